The second-order valence-corrected chi connectivity index (χ2v) is 6.87. The maximum absolute atomic E-state index is 12.6. The van der Waals surface area contributed by atoms with Gasteiger partial charge in [-0.2, -0.15) is 0 Å². The molecule has 3 heterocycles. The van der Waals surface area contributed by atoms with Crippen molar-refractivity contribution in [1.29, 1.82) is 0 Å². The number of furan rings is 1. The largest absolute Gasteiger partial charge is 0.493 e. The fourth-order valence-electron chi connectivity index (χ4n) is 3.71. The predicted molar refractivity (Wildman–Crippen MR) is 94.9 cm³/mol. The van der Waals surface area contributed by atoms with Gasteiger partial charge in [0.25, 0.3) is 5.91 Å². The number of ether oxygens (including phenoxy) is 1. The van der Waals surface area contributed by atoms with Crippen molar-refractivity contribution in [2.75, 3.05) is 19.7 Å². The van der Waals surface area contributed by atoms with Crippen LogP contribution in [0.2, 0.25) is 0 Å². The summed E-state index contributed by atoms with van der Waals surface area (Å²) in [4.78, 5) is 26.8. The zero-order valence-corrected chi connectivity index (χ0v) is 14.5. The molecule has 1 fully saturated rings. The summed E-state index contributed by atoms with van der Waals surface area (Å²) >= 11 is 0. The lowest BCUT2D eigenvalue weighted by Gasteiger charge is -2.27. The van der Waals surface area contributed by atoms with Gasteiger partial charge in [0.15, 0.2) is 5.76 Å². The summed E-state index contributed by atoms with van der Waals surface area (Å²) in [5.74, 6) is 1.14. The minimum atomic E-state index is -0.426. The van der Waals surface area contributed by atoms with Gasteiger partial charge in [-0.3, -0.25) is 9.59 Å². The van der Waals surface area contributed by atoms with Gasteiger partial charge in [0.2, 0.25) is 5.91 Å². The van der Waals surface area contributed by atoms with Crippen LogP contribution in [0.15, 0.2) is 47.1 Å². The summed E-state index contributed by atoms with van der Waals surface area (Å²) in [6.07, 6.45) is 3.86. The van der Waals surface area contributed by atoms with Gasteiger partial charge < -0.3 is 19.4 Å². The van der Waals surface area contributed by atoms with Gasteiger partial charge in [-0.05, 0) is 43.0 Å². The highest BCUT2D eigenvalue weighted by molar-refractivity contribution is 5.95. The smallest absolute Gasteiger partial charge is 0.290 e. The van der Waals surface area contributed by atoms with Gasteiger partial charge in [0.05, 0.1) is 12.9 Å². The molecule has 6 heteroatoms. The molecule has 0 bridgehead atoms. The number of fused-ring (bicyclic) bond motifs is 1. The lowest BCUT2D eigenvalue weighted by molar-refractivity contribution is -0.125. The van der Waals surface area contributed by atoms with Gasteiger partial charge >= 0.3 is 0 Å². The Labute approximate surface area is 152 Å². The van der Waals surface area contributed by atoms with E-state index in [0.29, 0.717) is 26.1 Å². The molecule has 4 rings (SSSR count). The van der Waals surface area contributed by atoms with Crippen LogP contribution in [0.5, 0.6) is 5.75 Å². The molecule has 0 aliphatic carbocycles. The molecular formula is C20H22N2O4. The number of para-hydroxylation sites is 1. The number of hydrogen-bond acceptors (Lipinski definition) is 4. The molecule has 26 heavy (non-hydrogen) atoms. The number of nitrogens with one attached hydrogen (secondary N) is 1. The van der Waals surface area contributed by atoms with Crippen molar-refractivity contribution in [3.05, 3.63) is 54.0 Å². The van der Waals surface area contributed by atoms with Crippen LogP contribution in [0.1, 0.15) is 29.0 Å². The molecule has 1 aromatic carbocycles. The molecular weight excluding hydrogens is 332 g/mol. The summed E-state index contributed by atoms with van der Waals surface area (Å²) < 4.78 is 11.0. The number of carbonyl (C=O) groups excluding carboxylic acids is 2. The first-order chi connectivity index (χ1) is 12.7. The summed E-state index contributed by atoms with van der Waals surface area (Å²) in [6.45, 7) is 1.72. The Morgan fingerprint density at radius 2 is 2.08 bits per heavy atom. The number of nitrogens with zero attached hydrogens (tertiary/aromatic N) is 1. The quantitative estimate of drug-likeness (QED) is 0.914. The van der Waals surface area contributed by atoms with Crippen LogP contribution in [-0.4, -0.2) is 42.5 Å². The second-order valence-electron chi connectivity index (χ2n) is 6.87. The minimum absolute atomic E-state index is 0.0961. The summed E-state index contributed by atoms with van der Waals surface area (Å²) in [7, 11) is 0. The van der Waals surface area contributed by atoms with Crippen molar-refractivity contribution in [3.8, 4) is 5.75 Å². The lowest BCUT2D eigenvalue weighted by Crippen LogP contribution is -2.47. The Bertz CT molecular complexity index is 787. The average molecular weight is 354 g/mol. The van der Waals surface area contributed by atoms with Crippen LogP contribution in [0.3, 0.4) is 0 Å². The first kappa shape index (κ1) is 16.7. The molecule has 1 saturated heterocycles. The third-order valence-corrected chi connectivity index (χ3v) is 5.07. The van der Waals surface area contributed by atoms with Crippen molar-refractivity contribution in [2.45, 2.75) is 25.3 Å². The SMILES string of the molecule is O=C(NCC1COc2ccccc2C1)C1CCCN1C(=O)c1ccco1. The fourth-order valence-corrected chi connectivity index (χ4v) is 3.71. The Balaban J connectivity index is 1.34. The molecule has 2 aliphatic heterocycles. The van der Waals surface area contributed by atoms with E-state index in [9.17, 15) is 9.59 Å². The van der Waals surface area contributed by atoms with Gasteiger partial charge in [-0.25, -0.2) is 0 Å². The third kappa shape index (κ3) is 3.31. The maximum atomic E-state index is 12.6. The minimum Gasteiger partial charge on any atom is -0.493 e. The Morgan fingerprint density at radius 3 is 2.92 bits per heavy atom. The van der Waals surface area contributed by atoms with E-state index in [1.165, 1.54) is 11.8 Å². The van der Waals surface area contributed by atoms with Gasteiger partial charge in [-0.1, -0.05) is 18.2 Å². The van der Waals surface area contributed by atoms with Crippen LogP contribution in [0.25, 0.3) is 0 Å². The van der Waals surface area contributed by atoms with Gasteiger partial charge in [0.1, 0.15) is 11.8 Å². The summed E-state index contributed by atoms with van der Waals surface area (Å²) in [5.41, 5.74) is 1.17. The van der Waals surface area contributed by atoms with E-state index in [2.05, 4.69) is 11.4 Å². The Kier molecular flexibility index (Phi) is 4.65. The van der Waals surface area contributed by atoms with Gasteiger partial charge in [-0.15, -0.1) is 0 Å². The first-order valence-corrected chi connectivity index (χ1v) is 9.05. The number of carbonyl (C=O) groups is 2. The zero-order valence-electron chi connectivity index (χ0n) is 14.5. The summed E-state index contributed by atoms with van der Waals surface area (Å²) in [5, 5.41) is 3.01. The normalized spacial score (nSPS) is 21.8. The van der Waals surface area contributed by atoms with Crippen LogP contribution in [0, 0.1) is 5.92 Å². The van der Waals surface area contributed by atoms with Crippen molar-refractivity contribution >= 4 is 11.8 Å². The van der Waals surface area contributed by atoms with Crippen molar-refractivity contribution in [3.63, 3.8) is 0 Å². The number of hydrogen-bond donors (Lipinski definition) is 1. The predicted octanol–water partition coefficient (Wildman–Crippen LogP) is 2.25. The molecule has 2 aromatic rings. The number of rotatable bonds is 4. The topological polar surface area (TPSA) is 71.8 Å². The van der Waals surface area contributed by atoms with Crippen LogP contribution >= 0.6 is 0 Å². The second kappa shape index (κ2) is 7.23. The first-order valence-electron chi connectivity index (χ1n) is 9.05. The molecule has 2 atom stereocenters. The van der Waals surface area contributed by atoms with E-state index in [1.54, 1.807) is 17.0 Å². The Morgan fingerprint density at radius 1 is 1.19 bits per heavy atom. The molecule has 136 valence electrons. The number of amides is 2. The zero-order chi connectivity index (χ0) is 17.9. The van der Waals surface area contributed by atoms with Gasteiger partial charge in [0, 0.05) is 19.0 Å². The highest BCUT2D eigenvalue weighted by atomic mass is 16.5. The molecule has 1 N–H and O–H groups in total. The van der Waals surface area contributed by atoms with E-state index in [1.807, 2.05) is 18.2 Å². The van der Waals surface area contributed by atoms with E-state index >= 15 is 0 Å². The summed E-state index contributed by atoms with van der Waals surface area (Å²) in [6, 6.07) is 10.9. The number of benzene rings is 1. The number of likely N-dealkylation sites (tertiary alicyclic amines) is 1. The third-order valence-electron chi connectivity index (χ3n) is 5.07. The molecule has 2 unspecified atom stereocenters. The van der Waals surface area contributed by atoms with Crippen LogP contribution in [0.4, 0.5) is 0 Å². The van der Waals surface area contributed by atoms with Crippen LogP contribution in [-0.2, 0) is 11.2 Å². The highest BCUT2D eigenvalue weighted by Gasteiger charge is 2.35. The van der Waals surface area contributed by atoms with E-state index in [0.717, 1.165) is 18.6 Å². The Hall–Kier alpha value is -2.76. The standard InChI is InChI=1S/C20H22N2O4/c23-19(16-6-3-9-22(16)20(24)18-8-4-10-25-18)21-12-14-11-15-5-1-2-7-17(15)26-13-14/h1-2,4-5,7-8,10,14,16H,3,6,9,11-13H2,(H,21,23). The molecule has 6 nitrogen and oxygen atoms in total. The average Bonchev–Trinajstić information content (AvgIpc) is 3.37. The molecule has 1 aromatic heterocycles. The van der Waals surface area contributed by atoms with Crippen molar-refractivity contribution in [2.24, 2.45) is 5.92 Å². The molecule has 0 radical (unpaired) electrons. The van der Waals surface area contributed by atoms with E-state index < -0.39 is 6.04 Å². The molecule has 0 saturated carbocycles. The molecule has 0 spiro atoms. The maximum Gasteiger partial charge on any atom is 0.290 e. The highest BCUT2D eigenvalue weighted by Crippen LogP contribution is 2.26. The fraction of sp³-hybridized carbons (Fsp3) is 0.400. The van der Waals surface area contributed by atoms with Crippen LogP contribution < -0.4 is 10.1 Å². The van der Waals surface area contributed by atoms with Crippen molar-refractivity contribution in [1.82, 2.24) is 10.2 Å². The van der Waals surface area contributed by atoms with E-state index in [-0.39, 0.29) is 23.5 Å². The molecule has 2 amide bonds. The molecule has 2 aliphatic rings. The van der Waals surface area contributed by atoms with E-state index in [4.69, 9.17) is 9.15 Å². The monoisotopic (exact) mass is 354 g/mol. The van der Waals surface area contributed by atoms with Crippen molar-refractivity contribution < 1.29 is 18.7 Å². The lowest BCUT2D eigenvalue weighted by atomic mass is 9.96.